The van der Waals surface area contributed by atoms with Gasteiger partial charge < -0.3 is 5.32 Å². The molecule has 1 aliphatic heterocycles. The van der Waals surface area contributed by atoms with E-state index in [4.69, 9.17) is 0 Å². The van der Waals surface area contributed by atoms with Crippen molar-refractivity contribution in [1.29, 1.82) is 0 Å². The van der Waals surface area contributed by atoms with Crippen LogP contribution < -0.4 is 5.32 Å². The van der Waals surface area contributed by atoms with E-state index >= 15 is 0 Å². The SMILES string of the molecule is Cc1cc(CSc2ccccc2)cc2c1N[C@H](c1cccc(F)c1)[C@H]1CC=C[C@@H]21. The molecule has 1 aliphatic carbocycles. The summed E-state index contributed by atoms with van der Waals surface area (Å²) in [6, 6.07) is 22.4. The van der Waals surface area contributed by atoms with Gasteiger partial charge in [-0.15, -0.1) is 11.8 Å². The van der Waals surface area contributed by atoms with Crippen molar-refractivity contribution in [3.05, 3.63) is 107 Å². The smallest absolute Gasteiger partial charge is 0.123 e. The Bertz CT molecular complexity index is 1060. The van der Waals surface area contributed by atoms with Crippen molar-refractivity contribution in [2.45, 2.75) is 36.0 Å². The second-order valence-corrected chi connectivity index (χ2v) is 9.06. The minimum Gasteiger partial charge on any atom is -0.377 e. The van der Waals surface area contributed by atoms with Crippen molar-refractivity contribution in [3.63, 3.8) is 0 Å². The number of fused-ring (bicyclic) bond motifs is 3. The Morgan fingerprint density at radius 2 is 1.90 bits per heavy atom. The molecule has 0 bridgehead atoms. The summed E-state index contributed by atoms with van der Waals surface area (Å²) in [6.07, 6.45) is 5.67. The van der Waals surface area contributed by atoms with Crippen molar-refractivity contribution >= 4 is 17.4 Å². The van der Waals surface area contributed by atoms with E-state index in [9.17, 15) is 4.39 Å². The lowest BCUT2D eigenvalue weighted by atomic mass is 9.76. The molecule has 0 radical (unpaired) electrons. The second-order valence-electron chi connectivity index (χ2n) is 8.01. The fraction of sp³-hybridized carbons (Fsp3) is 0.231. The molecule has 1 heterocycles. The summed E-state index contributed by atoms with van der Waals surface area (Å²) in [5.41, 5.74) is 6.28. The maximum Gasteiger partial charge on any atom is 0.123 e. The minimum atomic E-state index is -0.164. The first-order valence-corrected chi connectivity index (χ1v) is 11.2. The molecule has 1 N–H and O–H groups in total. The standard InChI is InChI=1S/C26H24FNS/c1-17-13-18(16-29-21-9-3-2-4-10-21)14-24-22-11-6-12-23(22)26(28-25(17)24)19-7-5-8-20(27)15-19/h2-11,13-15,22-23,26,28H,12,16H2,1H3/t22-,23+,26-/m1/s1. The molecule has 2 aliphatic rings. The lowest BCUT2D eigenvalue weighted by molar-refractivity contribution is 0.423. The number of nitrogens with one attached hydrogen (secondary N) is 1. The Kier molecular flexibility index (Phi) is 4.92. The van der Waals surface area contributed by atoms with Crippen LogP contribution in [0.4, 0.5) is 10.1 Å². The van der Waals surface area contributed by atoms with E-state index in [-0.39, 0.29) is 11.9 Å². The van der Waals surface area contributed by atoms with E-state index in [0.717, 1.165) is 17.7 Å². The van der Waals surface area contributed by atoms with Gasteiger partial charge in [-0.3, -0.25) is 0 Å². The van der Waals surface area contributed by atoms with Crippen molar-refractivity contribution < 1.29 is 4.39 Å². The van der Waals surface area contributed by atoms with Crippen molar-refractivity contribution in [3.8, 4) is 0 Å². The van der Waals surface area contributed by atoms with Crippen LogP contribution >= 0.6 is 11.8 Å². The normalized spacial score (nSPS) is 22.1. The Morgan fingerprint density at radius 1 is 1.03 bits per heavy atom. The highest BCUT2D eigenvalue weighted by atomic mass is 32.2. The monoisotopic (exact) mass is 401 g/mol. The number of rotatable bonds is 4. The highest BCUT2D eigenvalue weighted by Crippen LogP contribution is 2.51. The van der Waals surface area contributed by atoms with Gasteiger partial charge in [-0.25, -0.2) is 4.39 Å². The summed E-state index contributed by atoms with van der Waals surface area (Å²) >= 11 is 1.88. The molecule has 146 valence electrons. The van der Waals surface area contributed by atoms with Crippen LogP contribution in [0, 0.1) is 18.7 Å². The summed E-state index contributed by atoms with van der Waals surface area (Å²) in [7, 11) is 0. The van der Waals surface area contributed by atoms with Crippen LogP contribution in [-0.2, 0) is 5.75 Å². The zero-order valence-corrected chi connectivity index (χ0v) is 17.3. The third-order valence-electron chi connectivity index (χ3n) is 6.08. The number of thioether (sulfide) groups is 1. The van der Waals surface area contributed by atoms with Crippen LogP contribution in [0.15, 0.2) is 83.8 Å². The lowest BCUT2D eigenvalue weighted by Gasteiger charge is -2.38. The molecule has 3 atom stereocenters. The van der Waals surface area contributed by atoms with Gasteiger partial charge in [-0.05, 0) is 65.8 Å². The van der Waals surface area contributed by atoms with Crippen LogP contribution in [0.2, 0.25) is 0 Å². The molecule has 0 spiro atoms. The maximum atomic E-state index is 13.9. The average molecular weight is 402 g/mol. The molecule has 0 saturated carbocycles. The molecule has 3 heteroatoms. The van der Waals surface area contributed by atoms with Gasteiger partial charge in [0.1, 0.15) is 5.82 Å². The molecule has 0 unspecified atom stereocenters. The van der Waals surface area contributed by atoms with E-state index in [1.807, 2.05) is 23.9 Å². The van der Waals surface area contributed by atoms with Crippen LogP contribution in [0.25, 0.3) is 0 Å². The molecule has 5 rings (SSSR count). The van der Waals surface area contributed by atoms with E-state index in [2.05, 4.69) is 66.9 Å². The molecule has 29 heavy (non-hydrogen) atoms. The zero-order valence-electron chi connectivity index (χ0n) is 16.4. The fourth-order valence-electron chi connectivity index (χ4n) is 4.76. The number of hydrogen-bond donors (Lipinski definition) is 1. The molecule has 0 amide bonds. The van der Waals surface area contributed by atoms with E-state index < -0.39 is 0 Å². The summed E-state index contributed by atoms with van der Waals surface area (Å²) in [5, 5.41) is 3.77. The van der Waals surface area contributed by atoms with E-state index in [1.54, 1.807) is 6.07 Å². The maximum absolute atomic E-state index is 13.9. The molecule has 1 nitrogen and oxygen atoms in total. The summed E-state index contributed by atoms with van der Waals surface area (Å²) in [6.45, 7) is 2.18. The minimum absolute atomic E-state index is 0.140. The topological polar surface area (TPSA) is 12.0 Å². The van der Waals surface area contributed by atoms with Crippen molar-refractivity contribution in [1.82, 2.24) is 0 Å². The molecular formula is C26H24FNS. The van der Waals surface area contributed by atoms with Gasteiger partial charge in [0.2, 0.25) is 0 Å². The van der Waals surface area contributed by atoms with Crippen LogP contribution in [0.3, 0.4) is 0 Å². The third-order valence-corrected chi connectivity index (χ3v) is 7.17. The van der Waals surface area contributed by atoms with Gasteiger partial charge in [0.15, 0.2) is 0 Å². The number of allylic oxidation sites excluding steroid dienone is 2. The Hall–Kier alpha value is -2.52. The van der Waals surface area contributed by atoms with Gasteiger partial charge in [-0.2, -0.15) is 0 Å². The highest BCUT2D eigenvalue weighted by molar-refractivity contribution is 7.98. The number of aryl methyl sites for hydroxylation is 1. The average Bonchev–Trinajstić information content (AvgIpc) is 3.23. The fourth-order valence-corrected chi connectivity index (χ4v) is 5.61. The first-order chi connectivity index (χ1) is 14.2. The number of anilines is 1. The number of halogens is 1. The lowest BCUT2D eigenvalue weighted by Crippen LogP contribution is -2.29. The number of hydrogen-bond acceptors (Lipinski definition) is 2. The highest BCUT2D eigenvalue weighted by Gasteiger charge is 2.38. The van der Waals surface area contributed by atoms with Gasteiger partial charge in [0.25, 0.3) is 0 Å². The molecule has 3 aromatic rings. The van der Waals surface area contributed by atoms with E-state index in [1.165, 1.54) is 33.3 Å². The van der Waals surface area contributed by atoms with E-state index in [0.29, 0.717) is 11.8 Å². The van der Waals surface area contributed by atoms with Crippen LogP contribution in [0.5, 0.6) is 0 Å². The largest absolute Gasteiger partial charge is 0.377 e. The summed E-state index contributed by atoms with van der Waals surface area (Å²) in [4.78, 5) is 1.30. The molecule has 0 aromatic heterocycles. The third kappa shape index (κ3) is 3.60. The second kappa shape index (κ2) is 7.72. The van der Waals surface area contributed by atoms with Gasteiger partial charge in [-0.1, -0.05) is 54.6 Å². The molecule has 3 aromatic carbocycles. The Balaban J connectivity index is 1.47. The van der Waals surface area contributed by atoms with Crippen molar-refractivity contribution in [2.24, 2.45) is 5.92 Å². The van der Waals surface area contributed by atoms with Crippen molar-refractivity contribution in [2.75, 3.05) is 5.32 Å². The number of benzene rings is 3. The van der Waals surface area contributed by atoms with Crippen LogP contribution in [0.1, 0.15) is 40.6 Å². The predicted octanol–water partition coefficient (Wildman–Crippen LogP) is 7.25. The predicted molar refractivity (Wildman–Crippen MR) is 120 cm³/mol. The van der Waals surface area contributed by atoms with Gasteiger partial charge >= 0.3 is 0 Å². The summed E-state index contributed by atoms with van der Waals surface area (Å²) < 4.78 is 13.9. The quantitative estimate of drug-likeness (QED) is 0.365. The van der Waals surface area contributed by atoms with Crippen LogP contribution in [-0.4, -0.2) is 0 Å². The molecule has 0 fully saturated rings. The Labute approximate surface area is 176 Å². The first kappa shape index (κ1) is 18.5. The molecular weight excluding hydrogens is 377 g/mol. The zero-order chi connectivity index (χ0) is 19.8. The van der Waals surface area contributed by atoms with Gasteiger partial charge in [0, 0.05) is 22.3 Å². The van der Waals surface area contributed by atoms with Gasteiger partial charge in [0.05, 0.1) is 6.04 Å². The first-order valence-electron chi connectivity index (χ1n) is 10.2. The molecule has 0 saturated heterocycles. The summed E-state index contributed by atoms with van der Waals surface area (Å²) in [5.74, 6) is 1.62. The Morgan fingerprint density at radius 3 is 2.72 bits per heavy atom.